The van der Waals surface area contributed by atoms with E-state index in [-0.39, 0.29) is 18.1 Å². The summed E-state index contributed by atoms with van der Waals surface area (Å²) < 4.78 is 7.55. The molecule has 0 aromatic carbocycles. The second kappa shape index (κ2) is 17.6. The van der Waals surface area contributed by atoms with Crippen LogP contribution in [0.5, 0.6) is 0 Å². The van der Waals surface area contributed by atoms with Crippen LogP contribution in [0.3, 0.4) is 0 Å². The molecule has 3 unspecified atom stereocenters. The van der Waals surface area contributed by atoms with E-state index in [1.54, 1.807) is 0 Å². The standard InChI is InChI=1S/C24H45N7O6S.C4H8/c1-23(2,3)17(14-37-38-30(7)12-10-25)28-22(36)29-18(24(4,5)6)21(35)31-11-8-9-15(31)20(34)27-13-16(32)19(26)33;1-2-4-3-1/h15,17-18H,8-14,25H2,1-7H3,(H2,26,33)(H,27,34)(H2,28,29,36);1-4H2. The zero-order valence-corrected chi connectivity index (χ0v) is 27.2. The number of carbonyl (C=O) groups is 5. The van der Waals surface area contributed by atoms with Crippen LogP contribution in [-0.4, -0.2) is 96.7 Å². The summed E-state index contributed by atoms with van der Waals surface area (Å²) in [5, 5.41) is 8.11. The Kier molecular flexibility index (Phi) is 15.8. The van der Waals surface area contributed by atoms with Gasteiger partial charge in [-0.25, -0.2) is 9.10 Å². The molecule has 1 saturated heterocycles. The summed E-state index contributed by atoms with van der Waals surface area (Å²) in [6.07, 6.45) is 6.97. The maximum absolute atomic E-state index is 13.6. The predicted molar refractivity (Wildman–Crippen MR) is 164 cm³/mol. The highest BCUT2D eigenvalue weighted by Gasteiger charge is 2.42. The Bertz CT molecular complexity index is 913. The molecule has 0 radical (unpaired) electrons. The molecule has 5 amide bonds. The smallest absolute Gasteiger partial charge is 0.315 e. The average Bonchev–Trinajstić information content (AvgIpc) is 3.32. The highest BCUT2D eigenvalue weighted by Crippen LogP contribution is 2.26. The first-order chi connectivity index (χ1) is 19.5. The van der Waals surface area contributed by atoms with Crippen molar-refractivity contribution in [1.82, 2.24) is 25.2 Å². The molecule has 0 aromatic rings. The Morgan fingerprint density at radius 3 is 2.05 bits per heavy atom. The molecule has 2 aliphatic rings. The summed E-state index contributed by atoms with van der Waals surface area (Å²) in [6.45, 7) is 12.5. The molecule has 13 nitrogen and oxygen atoms in total. The van der Waals surface area contributed by atoms with Crippen molar-refractivity contribution in [3.05, 3.63) is 0 Å². The van der Waals surface area contributed by atoms with Crippen LogP contribution in [0.4, 0.5) is 4.79 Å². The number of urea groups is 1. The number of hydrogen-bond acceptors (Lipinski definition) is 9. The zero-order valence-electron chi connectivity index (χ0n) is 26.4. The molecular weight excluding hydrogens is 562 g/mol. The third-order valence-electron chi connectivity index (χ3n) is 7.13. The summed E-state index contributed by atoms with van der Waals surface area (Å²) >= 11 is 1.16. The van der Waals surface area contributed by atoms with Gasteiger partial charge < -0.3 is 32.3 Å². The van der Waals surface area contributed by atoms with Crippen molar-refractivity contribution < 1.29 is 28.2 Å². The second-order valence-electron chi connectivity index (χ2n) is 12.9. The van der Waals surface area contributed by atoms with E-state index < -0.39 is 53.6 Å². The summed E-state index contributed by atoms with van der Waals surface area (Å²) in [7, 11) is 1.85. The minimum atomic E-state index is -1.15. The van der Waals surface area contributed by atoms with Crippen molar-refractivity contribution >= 4 is 41.8 Å². The van der Waals surface area contributed by atoms with Gasteiger partial charge in [0.2, 0.25) is 17.6 Å². The maximum atomic E-state index is 13.6. The topological polar surface area (TPSA) is 189 Å². The highest BCUT2D eigenvalue weighted by atomic mass is 32.2. The Morgan fingerprint density at radius 1 is 0.976 bits per heavy atom. The van der Waals surface area contributed by atoms with Crippen molar-refractivity contribution in [1.29, 1.82) is 0 Å². The summed E-state index contributed by atoms with van der Waals surface area (Å²) in [6, 6.07) is -2.66. The normalized spacial score (nSPS) is 18.2. The number of ketones is 1. The fourth-order valence-corrected chi connectivity index (χ4v) is 4.54. The fraction of sp³-hybridized carbons (Fsp3) is 0.821. The van der Waals surface area contributed by atoms with Gasteiger partial charge in [0, 0.05) is 19.6 Å². The van der Waals surface area contributed by atoms with Crippen molar-refractivity contribution in [2.75, 3.05) is 39.8 Å². The van der Waals surface area contributed by atoms with Gasteiger partial charge in [-0.3, -0.25) is 23.4 Å². The van der Waals surface area contributed by atoms with Gasteiger partial charge in [-0.1, -0.05) is 67.2 Å². The van der Waals surface area contributed by atoms with E-state index in [1.165, 1.54) is 30.6 Å². The highest BCUT2D eigenvalue weighted by molar-refractivity contribution is 7.92. The average molecular weight is 616 g/mol. The lowest BCUT2D eigenvalue weighted by Crippen LogP contribution is -2.61. The van der Waals surface area contributed by atoms with Gasteiger partial charge in [-0.15, -0.1) is 0 Å². The third-order valence-corrected chi connectivity index (χ3v) is 7.81. The van der Waals surface area contributed by atoms with Gasteiger partial charge >= 0.3 is 6.03 Å². The molecule has 1 heterocycles. The molecule has 2 fully saturated rings. The monoisotopic (exact) mass is 615 g/mol. The number of amides is 5. The summed E-state index contributed by atoms with van der Waals surface area (Å²) in [4.78, 5) is 63.2. The first-order valence-electron chi connectivity index (χ1n) is 14.7. The SMILES string of the molecule is C1CCC1.CN(CCN)SOCC(NC(=O)NC(C(=O)N1CCCC1C(=O)NCC(=O)C(N)=O)C(C)(C)C)C(C)(C)C. The van der Waals surface area contributed by atoms with Crippen LogP contribution in [0.15, 0.2) is 0 Å². The number of likely N-dealkylation sites (N-methyl/N-ethyl adjacent to an activating group) is 1. The molecule has 7 N–H and O–H groups in total. The van der Waals surface area contributed by atoms with Gasteiger partial charge in [0.15, 0.2) is 0 Å². The number of nitrogens with one attached hydrogen (secondary N) is 3. The van der Waals surface area contributed by atoms with Crippen molar-refractivity contribution in [2.24, 2.45) is 22.3 Å². The molecule has 0 aromatic heterocycles. The minimum Gasteiger partial charge on any atom is -0.363 e. The number of likely N-dealkylation sites (tertiary alicyclic amines) is 1. The van der Waals surface area contributed by atoms with Crippen LogP contribution in [0, 0.1) is 10.8 Å². The van der Waals surface area contributed by atoms with Gasteiger partial charge in [0.05, 0.1) is 31.4 Å². The molecule has 14 heteroatoms. The number of hydrogen-bond donors (Lipinski definition) is 5. The Hall–Kier alpha value is -2.42. The summed E-state index contributed by atoms with van der Waals surface area (Å²) in [5.41, 5.74) is 9.47. The predicted octanol–water partition coefficient (Wildman–Crippen LogP) is 1.31. The Labute approximate surface area is 255 Å². The molecule has 2 rings (SSSR count). The summed E-state index contributed by atoms with van der Waals surface area (Å²) in [5.74, 6) is -3.03. The van der Waals surface area contributed by atoms with E-state index in [4.69, 9.17) is 15.7 Å². The van der Waals surface area contributed by atoms with Crippen molar-refractivity contribution in [2.45, 2.75) is 98.2 Å². The lowest BCUT2D eigenvalue weighted by Gasteiger charge is -2.37. The van der Waals surface area contributed by atoms with Crippen LogP contribution in [0.2, 0.25) is 0 Å². The number of primary amides is 1. The van der Waals surface area contributed by atoms with E-state index in [0.717, 1.165) is 12.2 Å². The van der Waals surface area contributed by atoms with Gasteiger partial charge in [-0.2, -0.15) is 0 Å². The molecule has 3 atom stereocenters. The van der Waals surface area contributed by atoms with Crippen LogP contribution >= 0.6 is 12.2 Å². The van der Waals surface area contributed by atoms with E-state index in [0.29, 0.717) is 32.5 Å². The van der Waals surface area contributed by atoms with Crippen molar-refractivity contribution in [3.8, 4) is 0 Å². The second-order valence-corrected chi connectivity index (χ2v) is 14.0. The minimum absolute atomic E-state index is 0.225. The molecule has 1 aliphatic heterocycles. The molecule has 1 aliphatic carbocycles. The number of rotatable bonds is 13. The molecule has 0 spiro atoms. The van der Waals surface area contributed by atoms with Crippen LogP contribution in [-0.2, 0) is 23.4 Å². The van der Waals surface area contributed by atoms with E-state index >= 15 is 0 Å². The van der Waals surface area contributed by atoms with Crippen LogP contribution in [0.1, 0.15) is 80.1 Å². The lowest BCUT2D eigenvalue weighted by molar-refractivity contribution is -0.142. The van der Waals surface area contributed by atoms with E-state index in [1.807, 2.05) is 52.9 Å². The lowest BCUT2D eigenvalue weighted by atomic mass is 9.85. The quantitative estimate of drug-likeness (QED) is 0.116. The maximum Gasteiger partial charge on any atom is 0.315 e. The number of nitrogens with two attached hydrogens (primary N) is 2. The molecule has 1 saturated carbocycles. The molecule has 42 heavy (non-hydrogen) atoms. The van der Waals surface area contributed by atoms with Gasteiger partial charge in [0.25, 0.3) is 5.91 Å². The number of carbonyl (C=O) groups excluding carboxylic acids is 5. The van der Waals surface area contributed by atoms with Gasteiger partial charge in [-0.05, 0) is 30.7 Å². The number of nitrogens with zero attached hydrogens (tertiary/aromatic N) is 2. The zero-order chi connectivity index (χ0) is 32.1. The van der Waals surface area contributed by atoms with Gasteiger partial charge in [0.1, 0.15) is 12.1 Å². The first-order valence-corrected chi connectivity index (χ1v) is 15.4. The molecular formula is C28H53N7O6S. The molecule has 242 valence electrons. The Balaban J connectivity index is 0.00000202. The number of Topliss-reactive ketones (excluding diaryl/α,β-unsaturated/α-hetero) is 1. The van der Waals surface area contributed by atoms with Crippen molar-refractivity contribution in [3.63, 3.8) is 0 Å². The Morgan fingerprint density at radius 2 is 1.57 bits per heavy atom. The third kappa shape index (κ3) is 13.3. The van der Waals surface area contributed by atoms with Crippen LogP contribution in [0.25, 0.3) is 0 Å². The largest absolute Gasteiger partial charge is 0.363 e. The van der Waals surface area contributed by atoms with Crippen LogP contribution < -0.4 is 27.4 Å². The molecule has 0 bridgehead atoms. The van der Waals surface area contributed by atoms with E-state index in [9.17, 15) is 24.0 Å². The fourth-order valence-electron chi connectivity index (χ4n) is 3.99. The van der Waals surface area contributed by atoms with E-state index in [2.05, 4.69) is 16.0 Å². The first kappa shape index (κ1) is 37.6.